The Balaban J connectivity index is 2.36. The van der Waals surface area contributed by atoms with Gasteiger partial charge >= 0.3 is 5.97 Å². The number of carbonyl (C=O) groups excluding carboxylic acids is 1. The number of rotatable bonds is 4. The second kappa shape index (κ2) is 7.15. The number of nitrogens with zero attached hydrogens (tertiary/aromatic N) is 2. The SMILES string of the molecule is CCN(c1sc(C#N)c(C(=O)OC)c1C)[C@H]1CC[C@H](C)CC1. The summed E-state index contributed by atoms with van der Waals surface area (Å²) in [6.45, 7) is 7.27. The summed E-state index contributed by atoms with van der Waals surface area (Å²) in [5.41, 5.74) is 1.32. The number of esters is 1. The summed E-state index contributed by atoms with van der Waals surface area (Å²) >= 11 is 1.42. The molecule has 0 spiro atoms. The molecule has 1 fully saturated rings. The molecule has 1 aromatic heterocycles. The first-order valence-electron chi connectivity index (χ1n) is 7.91. The molecule has 1 aromatic rings. The van der Waals surface area contributed by atoms with Crippen molar-refractivity contribution in [3.8, 4) is 6.07 Å². The van der Waals surface area contributed by atoms with Gasteiger partial charge in [0.2, 0.25) is 0 Å². The largest absolute Gasteiger partial charge is 0.465 e. The number of nitriles is 1. The van der Waals surface area contributed by atoms with Crippen molar-refractivity contribution in [2.75, 3.05) is 18.6 Å². The van der Waals surface area contributed by atoms with Crippen LogP contribution in [0.5, 0.6) is 0 Å². The van der Waals surface area contributed by atoms with E-state index in [1.54, 1.807) is 0 Å². The van der Waals surface area contributed by atoms with Gasteiger partial charge in [0.05, 0.1) is 17.7 Å². The second-order valence-corrected chi connectivity index (χ2v) is 7.04. The third-order valence-corrected chi connectivity index (χ3v) is 5.87. The topological polar surface area (TPSA) is 53.3 Å². The highest BCUT2D eigenvalue weighted by Gasteiger charge is 2.29. The van der Waals surface area contributed by atoms with E-state index in [-0.39, 0.29) is 0 Å². The Bertz CT molecular complexity index is 580. The van der Waals surface area contributed by atoms with Gasteiger partial charge in [0, 0.05) is 12.6 Å². The Morgan fingerprint density at radius 1 is 1.41 bits per heavy atom. The van der Waals surface area contributed by atoms with E-state index in [2.05, 4.69) is 24.8 Å². The highest BCUT2D eigenvalue weighted by molar-refractivity contribution is 7.17. The van der Waals surface area contributed by atoms with Crippen LogP contribution in [0.2, 0.25) is 0 Å². The number of methoxy groups -OCH3 is 1. The van der Waals surface area contributed by atoms with E-state index in [1.165, 1.54) is 44.1 Å². The highest BCUT2D eigenvalue weighted by atomic mass is 32.1. The number of thiophene rings is 1. The number of ether oxygens (including phenoxy) is 1. The van der Waals surface area contributed by atoms with Gasteiger partial charge in [-0.3, -0.25) is 0 Å². The lowest BCUT2D eigenvalue weighted by atomic mass is 9.86. The van der Waals surface area contributed by atoms with Crippen molar-refractivity contribution in [3.05, 3.63) is 16.0 Å². The number of anilines is 1. The average Bonchev–Trinajstić information content (AvgIpc) is 2.86. The molecular formula is C17H24N2O2S. The summed E-state index contributed by atoms with van der Waals surface area (Å²) < 4.78 is 4.84. The van der Waals surface area contributed by atoms with Gasteiger partial charge in [-0.1, -0.05) is 6.92 Å². The lowest BCUT2D eigenvalue weighted by molar-refractivity contribution is 0.0600. The maximum absolute atomic E-state index is 12.0. The van der Waals surface area contributed by atoms with Crippen LogP contribution in [-0.2, 0) is 4.74 Å². The fourth-order valence-corrected chi connectivity index (χ4v) is 4.55. The molecular weight excluding hydrogens is 296 g/mol. The summed E-state index contributed by atoms with van der Waals surface area (Å²) in [5.74, 6) is 0.393. The Hall–Kier alpha value is -1.54. The molecule has 0 bridgehead atoms. The molecule has 0 atom stereocenters. The average molecular weight is 320 g/mol. The van der Waals surface area contributed by atoms with E-state index in [1.807, 2.05) is 6.92 Å². The first kappa shape index (κ1) is 16.8. The van der Waals surface area contributed by atoms with Crippen LogP contribution in [0.15, 0.2) is 0 Å². The molecule has 0 amide bonds. The van der Waals surface area contributed by atoms with Crippen molar-refractivity contribution in [1.29, 1.82) is 5.26 Å². The van der Waals surface area contributed by atoms with Gasteiger partial charge in [-0.25, -0.2) is 4.79 Å². The molecule has 1 aliphatic rings. The van der Waals surface area contributed by atoms with Crippen LogP contribution in [0.25, 0.3) is 0 Å². The molecule has 0 radical (unpaired) electrons. The summed E-state index contributed by atoms with van der Waals surface area (Å²) in [7, 11) is 1.36. The van der Waals surface area contributed by atoms with Gasteiger partial charge in [0.25, 0.3) is 0 Å². The summed E-state index contributed by atoms with van der Waals surface area (Å²) in [5, 5.41) is 10.4. The molecule has 2 rings (SSSR count). The molecule has 0 N–H and O–H groups in total. The van der Waals surface area contributed by atoms with Crippen LogP contribution in [0.1, 0.15) is 60.3 Å². The molecule has 120 valence electrons. The predicted octanol–water partition coefficient (Wildman–Crippen LogP) is 4.12. The summed E-state index contributed by atoms with van der Waals surface area (Å²) in [6.07, 6.45) is 4.87. The molecule has 0 saturated heterocycles. The Labute approximate surface area is 136 Å². The lowest BCUT2D eigenvalue weighted by Crippen LogP contribution is -2.37. The van der Waals surface area contributed by atoms with Crippen molar-refractivity contribution < 1.29 is 9.53 Å². The number of hydrogen-bond acceptors (Lipinski definition) is 5. The zero-order chi connectivity index (χ0) is 16.3. The van der Waals surface area contributed by atoms with Crippen molar-refractivity contribution in [2.24, 2.45) is 5.92 Å². The lowest BCUT2D eigenvalue weighted by Gasteiger charge is -2.36. The molecule has 22 heavy (non-hydrogen) atoms. The molecule has 5 heteroatoms. The van der Waals surface area contributed by atoms with E-state index in [9.17, 15) is 10.1 Å². The molecule has 0 aromatic carbocycles. The minimum atomic E-state index is -0.412. The van der Waals surface area contributed by atoms with Gasteiger partial charge in [-0.2, -0.15) is 5.26 Å². The zero-order valence-electron chi connectivity index (χ0n) is 13.8. The first-order chi connectivity index (χ1) is 10.5. The van der Waals surface area contributed by atoms with E-state index in [4.69, 9.17) is 4.74 Å². The smallest absolute Gasteiger partial charge is 0.340 e. The minimum Gasteiger partial charge on any atom is -0.465 e. The monoisotopic (exact) mass is 320 g/mol. The van der Waals surface area contributed by atoms with Gasteiger partial charge in [0.1, 0.15) is 10.9 Å². The number of carbonyl (C=O) groups is 1. The Morgan fingerprint density at radius 2 is 2.05 bits per heavy atom. The number of hydrogen-bond donors (Lipinski definition) is 0. The van der Waals surface area contributed by atoms with Crippen LogP contribution in [0, 0.1) is 24.2 Å². The fraction of sp³-hybridized carbons (Fsp3) is 0.647. The predicted molar refractivity (Wildman–Crippen MR) is 89.6 cm³/mol. The minimum absolute atomic E-state index is 0.412. The zero-order valence-corrected chi connectivity index (χ0v) is 14.6. The quantitative estimate of drug-likeness (QED) is 0.783. The highest BCUT2D eigenvalue weighted by Crippen LogP contribution is 2.39. The maximum atomic E-state index is 12.0. The molecule has 1 aliphatic carbocycles. The van der Waals surface area contributed by atoms with Gasteiger partial charge < -0.3 is 9.64 Å². The van der Waals surface area contributed by atoms with E-state index >= 15 is 0 Å². The van der Waals surface area contributed by atoms with Gasteiger partial charge in [-0.05, 0) is 51.0 Å². The first-order valence-corrected chi connectivity index (χ1v) is 8.73. The molecule has 1 heterocycles. The van der Waals surface area contributed by atoms with Crippen molar-refractivity contribution in [1.82, 2.24) is 0 Å². The van der Waals surface area contributed by atoms with Crippen molar-refractivity contribution >= 4 is 22.3 Å². The normalized spacial score (nSPS) is 21.2. The standard InChI is InChI=1S/C17H24N2O2S/c1-5-19(13-8-6-11(2)7-9-13)16-12(3)15(17(20)21-4)14(10-18)22-16/h11,13H,5-9H2,1-4H3/t11-,13-. The fourth-order valence-electron chi connectivity index (χ4n) is 3.32. The van der Waals surface area contributed by atoms with Crippen LogP contribution >= 0.6 is 11.3 Å². The van der Waals surface area contributed by atoms with Crippen molar-refractivity contribution in [3.63, 3.8) is 0 Å². The van der Waals surface area contributed by atoms with Crippen LogP contribution in [0.3, 0.4) is 0 Å². The second-order valence-electron chi connectivity index (χ2n) is 6.04. The Morgan fingerprint density at radius 3 is 2.55 bits per heavy atom. The van der Waals surface area contributed by atoms with Crippen LogP contribution < -0.4 is 4.90 Å². The van der Waals surface area contributed by atoms with Crippen molar-refractivity contribution in [2.45, 2.75) is 52.5 Å². The van der Waals surface area contributed by atoms with Crippen LogP contribution in [-0.4, -0.2) is 25.7 Å². The molecule has 0 aliphatic heterocycles. The van der Waals surface area contributed by atoms with Crippen LogP contribution in [0.4, 0.5) is 5.00 Å². The van der Waals surface area contributed by atoms with Gasteiger partial charge in [0.15, 0.2) is 0 Å². The third-order valence-electron chi connectivity index (χ3n) is 4.64. The maximum Gasteiger partial charge on any atom is 0.340 e. The molecule has 4 nitrogen and oxygen atoms in total. The van der Waals surface area contributed by atoms with Gasteiger partial charge in [-0.15, -0.1) is 11.3 Å². The van der Waals surface area contributed by atoms with E-state index in [0.29, 0.717) is 16.5 Å². The summed E-state index contributed by atoms with van der Waals surface area (Å²) in [4.78, 5) is 14.8. The molecule has 1 saturated carbocycles. The Kier molecular flexibility index (Phi) is 5.47. The van der Waals surface area contributed by atoms with E-state index in [0.717, 1.165) is 23.0 Å². The van der Waals surface area contributed by atoms with E-state index < -0.39 is 5.97 Å². The molecule has 0 unspecified atom stereocenters. The third kappa shape index (κ3) is 3.12. The summed E-state index contributed by atoms with van der Waals surface area (Å²) in [6, 6.07) is 2.66.